The smallest absolute Gasteiger partial charge is 0.142 e. The van der Waals surface area contributed by atoms with E-state index in [1.54, 1.807) is 14.2 Å². The van der Waals surface area contributed by atoms with E-state index in [2.05, 4.69) is 24.4 Å². The van der Waals surface area contributed by atoms with Crippen LogP contribution >= 0.6 is 0 Å². The van der Waals surface area contributed by atoms with Crippen LogP contribution in [0.1, 0.15) is 25.3 Å². The van der Waals surface area contributed by atoms with Gasteiger partial charge in [0.2, 0.25) is 0 Å². The first-order valence-electron chi connectivity index (χ1n) is 6.17. The van der Waals surface area contributed by atoms with Gasteiger partial charge in [-0.15, -0.1) is 0 Å². The number of benzene rings is 1. The first kappa shape index (κ1) is 12.2. The van der Waals surface area contributed by atoms with Gasteiger partial charge in [-0.25, -0.2) is 0 Å². The number of methoxy groups -OCH3 is 2. The number of aryl methyl sites for hydroxylation is 1. The Labute approximate surface area is 103 Å². The third-order valence-corrected chi connectivity index (χ3v) is 3.69. The van der Waals surface area contributed by atoms with Crippen molar-refractivity contribution in [2.45, 2.75) is 31.7 Å². The van der Waals surface area contributed by atoms with Crippen molar-refractivity contribution in [2.24, 2.45) is 0 Å². The summed E-state index contributed by atoms with van der Waals surface area (Å²) in [5.74, 6) is 0.927. The molecular formula is C14H21NO2. The van der Waals surface area contributed by atoms with Crippen molar-refractivity contribution >= 4 is 5.69 Å². The minimum atomic E-state index is 0.0520. The van der Waals surface area contributed by atoms with Crippen molar-refractivity contribution in [3.63, 3.8) is 0 Å². The second kappa shape index (κ2) is 4.96. The molecule has 1 aromatic carbocycles. The van der Waals surface area contributed by atoms with Crippen LogP contribution in [0.25, 0.3) is 0 Å². The summed E-state index contributed by atoms with van der Waals surface area (Å²) in [6.07, 6.45) is 3.24. The Morgan fingerprint density at radius 3 is 2.82 bits per heavy atom. The summed E-state index contributed by atoms with van der Waals surface area (Å²) in [5, 5.41) is 3.63. The van der Waals surface area contributed by atoms with E-state index >= 15 is 0 Å². The number of hydrogen-bond donors (Lipinski definition) is 1. The number of fused-ring (bicyclic) bond motifs is 1. The molecule has 1 aliphatic rings. The molecule has 0 amide bonds. The molecule has 2 rings (SSSR count). The van der Waals surface area contributed by atoms with Gasteiger partial charge in [0, 0.05) is 7.11 Å². The van der Waals surface area contributed by atoms with E-state index in [-0.39, 0.29) is 5.54 Å². The summed E-state index contributed by atoms with van der Waals surface area (Å²) in [7, 11) is 3.48. The monoisotopic (exact) mass is 235 g/mol. The quantitative estimate of drug-likeness (QED) is 0.870. The van der Waals surface area contributed by atoms with Crippen molar-refractivity contribution in [3.8, 4) is 5.75 Å². The maximum atomic E-state index is 5.43. The number of nitrogens with one attached hydrogen (secondary N) is 1. The summed E-state index contributed by atoms with van der Waals surface area (Å²) in [4.78, 5) is 0. The summed E-state index contributed by atoms with van der Waals surface area (Å²) in [6, 6.07) is 6.22. The Bertz CT molecular complexity index is 378. The average Bonchev–Trinajstić information content (AvgIpc) is 2.38. The molecule has 3 nitrogen and oxygen atoms in total. The first-order valence-corrected chi connectivity index (χ1v) is 6.17. The van der Waals surface area contributed by atoms with Crippen LogP contribution in [-0.4, -0.2) is 26.4 Å². The first-order chi connectivity index (χ1) is 8.24. The second-order valence-corrected chi connectivity index (χ2v) is 4.69. The zero-order valence-corrected chi connectivity index (χ0v) is 10.9. The van der Waals surface area contributed by atoms with E-state index in [0.29, 0.717) is 0 Å². The fourth-order valence-electron chi connectivity index (χ4n) is 2.55. The molecule has 1 N–H and O–H groups in total. The van der Waals surface area contributed by atoms with Crippen molar-refractivity contribution < 1.29 is 9.47 Å². The van der Waals surface area contributed by atoms with E-state index in [9.17, 15) is 0 Å². The molecule has 0 radical (unpaired) electrons. The minimum Gasteiger partial charge on any atom is -0.495 e. The highest BCUT2D eigenvalue weighted by molar-refractivity contribution is 5.65. The molecule has 0 bridgehead atoms. The van der Waals surface area contributed by atoms with Crippen LogP contribution in [0.2, 0.25) is 0 Å². The predicted octanol–water partition coefficient (Wildman–Crippen LogP) is 2.85. The molecule has 1 aromatic rings. The van der Waals surface area contributed by atoms with Crippen LogP contribution < -0.4 is 10.1 Å². The van der Waals surface area contributed by atoms with E-state index in [4.69, 9.17) is 9.47 Å². The standard InChI is InChI=1S/C14H21NO2/c1-4-14(10-16-2)9-8-11-6-5-7-12(17-3)13(11)15-14/h5-7,15H,4,8-10H2,1-3H3. The van der Waals surface area contributed by atoms with Crippen LogP contribution in [0.15, 0.2) is 18.2 Å². The van der Waals surface area contributed by atoms with Gasteiger partial charge in [-0.1, -0.05) is 19.1 Å². The Kier molecular flexibility index (Phi) is 3.57. The van der Waals surface area contributed by atoms with Crippen molar-refractivity contribution in [1.29, 1.82) is 0 Å². The zero-order chi connectivity index (χ0) is 12.3. The fraction of sp³-hybridized carbons (Fsp3) is 0.571. The molecule has 0 aliphatic carbocycles. The SMILES string of the molecule is CCC1(COC)CCc2cccc(OC)c2N1. The molecule has 1 aliphatic heterocycles. The van der Waals surface area contributed by atoms with Gasteiger partial charge in [-0.3, -0.25) is 0 Å². The number of hydrogen-bond acceptors (Lipinski definition) is 3. The summed E-state index contributed by atoms with van der Waals surface area (Å²) in [5.41, 5.74) is 2.53. The van der Waals surface area contributed by atoms with E-state index < -0.39 is 0 Å². The highest BCUT2D eigenvalue weighted by Crippen LogP contribution is 2.38. The molecule has 0 spiro atoms. The van der Waals surface area contributed by atoms with E-state index in [1.165, 1.54) is 5.56 Å². The largest absolute Gasteiger partial charge is 0.495 e. The number of para-hydroxylation sites is 1. The van der Waals surface area contributed by atoms with Crippen LogP contribution in [-0.2, 0) is 11.2 Å². The van der Waals surface area contributed by atoms with Crippen molar-refractivity contribution in [1.82, 2.24) is 0 Å². The Hall–Kier alpha value is -1.22. The third-order valence-electron chi connectivity index (χ3n) is 3.69. The van der Waals surface area contributed by atoms with Crippen LogP contribution in [0.3, 0.4) is 0 Å². The van der Waals surface area contributed by atoms with E-state index in [0.717, 1.165) is 37.3 Å². The topological polar surface area (TPSA) is 30.5 Å². The van der Waals surface area contributed by atoms with Gasteiger partial charge in [-0.05, 0) is 30.9 Å². The summed E-state index contributed by atoms with van der Waals surface area (Å²) in [6.45, 7) is 2.94. The number of anilines is 1. The fourth-order valence-corrected chi connectivity index (χ4v) is 2.55. The van der Waals surface area contributed by atoms with Gasteiger partial charge in [0.15, 0.2) is 0 Å². The molecule has 1 heterocycles. The third kappa shape index (κ3) is 2.25. The van der Waals surface area contributed by atoms with Gasteiger partial charge in [-0.2, -0.15) is 0 Å². The maximum Gasteiger partial charge on any atom is 0.142 e. The lowest BCUT2D eigenvalue weighted by atomic mass is 9.84. The minimum absolute atomic E-state index is 0.0520. The van der Waals surface area contributed by atoms with Gasteiger partial charge < -0.3 is 14.8 Å². The molecule has 0 saturated carbocycles. The average molecular weight is 235 g/mol. The normalized spacial score (nSPS) is 22.8. The molecule has 0 fully saturated rings. The molecule has 3 heteroatoms. The Balaban J connectivity index is 2.33. The number of rotatable bonds is 4. The molecule has 17 heavy (non-hydrogen) atoms. The molecule has 1 atom stereocenters. The lowest BCUT2D eigenvalue weighted by Gasteiger charge is -2.39. The molecule has 0 aromatic heterocycles. The summed E-state index contributed by atoms with van der Waals surface area (Å²) >= 11 is 0. The summed E-state index contributed by atoms with van der Waals surface area (Å²) < 4.78 is 10.8. The van der Waals surface area contributed by atoms with E-state index in [1.807, 2.05) is 6.07 Å². The highest BCUT2D eigenvalue weighted by atomic mass is 16.5. The highest BCUT2D eigenvalue weighted by Gasteiger charge is 2.33. The molecule has 0 saturated heterocycles. The lowest BCUT2D eigenvalue weighted by molar-refractivity contribution is 0.133. The predicted molar refractivity (Wildman–Crippen MR) is 69.8 cm³/mol. The Morgan fingerprint density at radius 1 is 1.35 bits per heavy atom. The zero-order valence-electron chi connectivity index (χ0n) is 10.9. The van der Waals surface area contributed by atoms with Crippen molar-refractivity contribution in [3.05, 3.63) is 23.8 Å². The molecule has 94 valence electrons. The lowest BCUT2D eigenvalue weighted by Crippen LogP contribution is -2.45. The maximum absolute atomic E-state index is 5.43. The van der Waals surface area contributed by atoms with Gasteiger partial charge in [0.1, 0.15) is 5.75 Å². The van der Waals surface area contributed by atoms with Gasteiger partial charge >= 0.3 is 0 Å². The second-order valence-electron chi connectivity index (χ2n) is 4.69. The van der Waals surface area contributed by atoms with Crippen molar-refractivity contribution in [2.75, 3.05) is 26.1 Å². The van der Waals surface area contributed by atoms with Crippen LogP contribution in [0.5, 0.6) is 5.75 Å². The number of ether oxygens (including phenoxy) is 2. The van der Waals surface area contributed by atoms with Gasteiger partial charge in [0.25, 0.3) is 0 Å². The Morgan fingerprint density at radius 2 is 2.18 bits per heavy atom. The van der Waals surface area contributed by atoms with Crippen LogP contribution in [0.4, 0.5) is 5.69 Å². The molecule has 1 unspecified atom stereocenters. The van der Waals surface area contributed by atoms with Crippen LogP contribution in [0, 0.1) is 0 Å². The molecular weight excluding hydrogens is 214 g/mol. The van der Waals surface area contributed by atoms with Gasteiger partial charge in [0.05, 0.1) is 24.9 Å².